The molecular formula is C16H12F2O3S. The summed E-state index contributed by atoms with van der Waals surface area (Å²) in [6.45, 7) is 0.671. The van der Waals surface area contributed by atoms with Crippen molar-refractivity contribution in [2.24, 2.45) is 0 Å². The average molecular weight is 322 g/mol. The molecule has 0 saturated heterocycles. The highest BCUT2D eigenvalue weighted by molar-refractivity contribution is 7.79. The SMILES string of the molecule is O=S(O)c1ccc(C2=C(c3ccc(F)c(F)c3)COC2)cc1. The Bertz CT molecular complexity index is 769. The van der Waals surface area contributed by atoms with Crippen LogP contribution in [0.2, 0.25) is 0 Å². The van der Waals surface area contributed by atoms with E-state index in [1.54, 1.807) is 24.3 Å². The van der Waals surface area contributed by atoms with Crippen LogP contribution in [0.3, 0.4) is 0 Å². The first-order chi connectivity index (χ1) is 10.6. The second-order valence-electron chi connectivity index (χ2n) is 4.85. The van der Waals surface area contributed by atoms with E-state index in [0.717, 1.165) is 28.8 Å². The van der Waals surface area contributed by atoms with Gasteiger partial charge in [-0.25, -0.2) is 13.0 Å². The van der Waals surface area contributed by atoms with Gasteiger partial charge in [0, 0.05) is 0 Å². The lowest BCUT2D eigenvalue weighted by Gasteiger charge is -2.07. The summed E-state index contributed by atoms with van der Waals surface area (Å²) < 4.78 is 51.9. The lowest BCUT2D eigenvalue weighted by Crippen LogP contribution is -1.94. The van der Waals surface area contributed by atoms with Crippen LogP contribution in [-0.2, 0) is 15.8 Å². The van der Waals surface area contributed by atoms with Gasteiger partial charge in [-0.2, -0.15) is 0 Å². The van der Waals surface area contributed by atoms with Crippen LogP contribution < -0.4 is 0 Å². The minimum atomic E-state index is -2.03. The van der Waals surface area contributed by atoms with Gasteiger partial charge < -0.3 is 9.29 Å². The molecule has 22 heavy (non-hydrogen) atoms. The second kappa shape index (κ2) is 6.08. The Kier molecular flexibility index (Phi) is 4.15. The maximum absolute atomic E-state index is 13.4. The Hall–Kier alpha value is -1.89. The number of rotatable bonds is 3. The maximum Gasteiger partial charge on any atom is 0.186 e. The third-order valence-corrected chi connectivity index (χ3v) is 4.20. The van der Waals surface area contributed by atoms with Crippen molar-refractivity contribution in [3.05, 3.63) is 65.2 Å². The van der Waals surface area contributed by atoms with Gasteiger partial charge in [0.15, 0.2) is 22.7 Å². The standard InChI is InChI=1S/C16H12F2O3S/c17-15-6-3-11(7-16(15)18)14-9-21-8-13(14)10-1-4-12(5-2-10)22(19)20/h1-7H,8-9H2,(H,19,20). The van der Waals surface area contributed by atoms with Crippen molar-refractivity contribution in [3.63, 3.8) is 0 Å². The van der Waals surface area contributed by atoms with Crippen molar-refractivity contribution >= 4 is 22.2 Å². The molecule has 114 valence electrons. The van der Waals surface area contributed by atoms with Crippen LogP contribution in [0.5, 0.6) is 0 Å². The third kappa shape index (κ3) is 2.85. The molecule has 0 amide bonds. The van der Waals surface area contributed by atoms with Gasteiger partial charge in [-0.3, -0.25) is 0 Å². The average Bonchev–Trinajstić information content (AvgIpc) is 2.99. The van der Waals surface area contributed by atoms with Crippen molar-refractivity contribution in [1.82, 2.24) is 0 Å². The van der Waals surface area contributed by atoms with E-state index in [-0.39, 0.29) is 0 Å². The quantitative estimate of drug-likeness (QED) is 0.880. The zero-order chi connectivity index (χ0) is 15.7. The van der Waals surface area contributed by atoms with Crippen LogP contribution in [0, 0.1) is 11.6 Å². The van der Waals surface area contributed by atoms with Crippen LogP contribution in [0.25, 0.3) is 11.1 Å². The van der Waals surface area contributed by atoms with Gasteiger partial charge >= 0.3 is 0 Å². The molecule has 0 radical (unpaired) electrons. The summed E-state index contributed by atoms with van der Waals surface area (Å²) in [6, 6.07) is 10.3. The number of ether oxygens (including phenoxy) is 1. The predicted molar refractivity (Wildman–Crippen MR) is 79.5 cm³/mol. The number of hydrogen-bond acceptors (Lipinski definition) is 2. The van der Waals surface area contributed by atoms with Gasteiger partial charge in [0.2, 0.25) is 0 Å². The van der Waals surface area contributed by atoms with E-state index in [0.29, 0.717) is 23.7 Å². The smallest absolute Gasteiger partial charge is 0.186 e. The maximum atomic E-state index is 13.4. The molecule has 0 aromatic heterocycles. The van der Waals surface area contributed by atoms with Crippen molar-refractivity contribution in [2.45, 2.75) is 4.90 Å². The summed E-state index contributed by atoms with van der Waals surface area (Å²) in [4.78, 5) is 0.303. The molecule has 1 unspecified atom stereocenters. The van der Waals surface area contributed by atoms with Crippen LogP contribution in [0.4, 0.5) is 8.78 Å². The van der Waals surface area contributed by atoms with E-state index >= 15 is 0 Å². The van der Waals surface area contributed by atoms with Gasteiger partial charge in [0.25, 0.3) is 0 Å². The summed E-state index contributed by atoms with van der Waals surface area (Å²) >= 11 is -2.03. The van der Waals surface area contributed by atoms with E-state index in [1.807, 2.05) is 0 Å². The van der Waals surface area contributed by atoms with E-state index in [1.165, 1.54) is 6.07 Å². The Morgan fingerprint density at radius 2 is 1.50 bits per heavy atom. The van der Waals surface area contributed by atoms with Crippen molar-refractivity contribution in [3.8, 4) is 0 Å². The first-order valence-electron chi connectivity index (χ1n) is 6.53. The summed E-state index contributed by atoms with van der Waals surface area (Å²) in [6.07, 6.45) is 0. The molecule has 2 aromatic rings. The highest BCUT2D eigenvalue weighted by atomic mass is 32.2. The molecule has 6 heteroatoms. The highest BCUT2D eigenvalue weighted by Crippen LogP contribution is 2.32. The predicted octanol–water partition coefficient (Wildman–Crippen LogP) is 3.49. The fourth-order valence-corrected chi connectivity index (χ4v) is 2.77. The van der Waals surface area contributed by atoms with Crippen molar-refractivity contribution in [2.75, 3.05) is 13.2 Å². The summed E-state index contributed by atoms with van der Waals surface area (Å²) in [5, 5.41) is 0. The van der Waals surface area contributed by atoms with E-state index in [4.69, 9.17) is 9.29 Å². The largest absolute Gasteiger partial charge is 0.372 e. The lowest BCUT2D eigenvalue weighted by molar-refractivity contribution is 0.219. The van der Waals surface area contributed by atoms with Crippen molar-refractivity contribution in [1.29, 1.82) is 0 Å². The van der Waals surface area contributed by atoms with Gasteiger partial charge in [-0.1, -0.05) is 18.2 Å². The minimum absolute atomic E-state index is 0.303. The third-order valence-electron chi connectivity index (χ3n) is 3.53. The molecule has 0 spiro atoms. The molecule has 3 rings (SSSR count). The van der Waals surface area contributed by atoms with Gasteiger partial charge in [0.1, 0.15) is 0 Å². The molecule has 1 heterocycles. The molecule has 3 nitrogen and oxygen atoms in total. The zero-order valence-electron chi connectivity index (χ0n) is 11.4. The van der Waals surface area contributed by atoms with E-state index < -0.39 is 22.7 Å². The summed E-state index contributed by atoms with van der Waals surface area (Å²) in [5.41, 5.74) is 3.05. The molecule has 0 saturated carbocycles. The molecule has 0 fully saturated rings. The Labute approximate surface area is 128 Å². The van der Waals surface area contributed by atoms with Crippen LogP contribution >= 0.6 is 0 Å². The molecule has 1 aliphatic rings. The topological polar surface area (TPSA) is 46.5 Å². The van der Waals surface area contributed by atoms with E-state index in [9.17, 15) is 13.0 Å². The Morgan fingerprint density at radius 3 is 2.09 bits per heavy atom. The van der Waals surface area contributed by atoms with Crippen molar-refractivity contribution < 1.29 is 22.3 Å². The Balaban J connectivity index is 2.03. The lowest BCUT2D eigenvalue weighted by atomic mass is 9.97. The first kappa shape index (κ1) is 15.0. The van der Waals surface area contributed by atoms with E-state index in [2.05, 4.69) is 0 Å². The molecule has 1 N–H and O–H groups in total. The molecular weight excluding hydrogens is 310 g/mol. The first-order valence-corrected chi connectivity index (χ1v) is 7.63. The number of halogens is 2. The van der Waals surface area contributed by atoms with Gasteiger partial charge in [-0.05, 0) is 46.5 Å². The number of hydrogen-bond donors (Lipinski definition) is 1. The van der Waals surface area contributed by atoms with Gasteiger partial charge in [-0.15, -0.1) is 0 Å². The normalized spacial score (nSPS) is 16.1. The fourth-order valence-electron chi connectivity index (χ4n) is 2.40. The summed E-state index contributed by atoms with van der Waals surface area (Å²) in [7, 11) is 0. The minimum Gasteiger partial charge on any atom is -0.372 e. The highest BCUT2D eigenvalue weighted by Gasteiger charge is 2.19. The van der Waals surface area contributed by atoms with Crippen LogP contribution in [-0.4, -0.2) is 22.0 Å². The monoisotopic (exact) mass is 322 g/mol. The molecule has 2 aromatic carbocycles. The molecule has 0 aliphatic carbocycles. The van der Waals surface area contributed by atoms with Gasteiger partial charge in [0.05, 0.1) is 18.1 Å². The molecule has 0 bridgehead atoms. The molecule has 1 aliphatic heterocycles. The fraction of sp³-hybridized carbons (Fsp3) is 0.125. The van der Waals surface area contributed by atoms with Crippen LogP contribution in [0.1, 0.15) is 11.1 Å². The number of benzene rings is 2. The second-order valence-corrected chi connectivity index (χ2v) is 5.82. The van der Waals surface area contributed by atoms with Crippen LogP contribution in [0.15, 0.2) is 47.4 Å². The molecule has 1 atom stereocenters. The Morgan fingerprint density at radius 1 is 0.909 bits per heavy atom. The summed E-state index contributed by atoms with van der Waals surface area (Å²) in [5.74, 6) is -1.79. The zero-order valence-corrected chi connectivity index (χ0v) is 12.2.